The fraction of sp³-hybridized carbons (Fsp3) is 0.562. The van der Waals surface area contributed by atoms with E-state index in [1.807, 2.05) is 0 Å². The zero-order valence-corrected chi connectivity index (χ0v) is 14.5. The zero-order chi connectivity index (χ0) is 17.3. The lowest BCUT2D eigenvalue weighted by Crippen LogP contribution is -2.57. The number of hydrogen-bond acceptors (Lipinski definition) is 4. The summed E-state index contributed by atoms with van der Waals surface area (Å²) in [7, 11) is -3.54. The Bertz CT molecular complexity index is 697. The number of sulfone groups is 1. The van der Waals surface area contributed by atoms with Crippen molar-refractivity contribution in [2.24, 2.45) is 0 Å². The molecule has 1 saturated heterocycles. The molecule has 5 nitrogen and oxygen atoms in total. The van der Waals surface area contributed by atoms with Crippen LogP contribution in [0, 0.1) is 12.7 Å². The van der Waals surface area contributed by atoms with Gasteiger partial charge in [-0.05, 0) is 57.0 Å². The number of piperidine rings is 1. The first kappa shape index (κ1) is 17.9. The summed E-state index contributed by atoms with van der Waals surface area (Å²) < 4.78 is 36.4. The van der Waals surface area contributed by atoms with E-state index < -0.39 is 26.5 Å². The predicted octanol–water partition coefficient (Wildman–Crippen LogP) is 1.48. The van der Waals surface area contributed by atoms with Crippen LogP contribution in [-0.4, -0.2) is 38.4 Å². The minimum atomic E-state index is -3.54. The molecule has 7 heteroatoms. The van der Waals surface area contributed by atoms with Crippen LogP contribution in [0.15, 0.2) is 18.2 Å². The van der Waals surface area contributed by atoms with Gasteiger partial charge < -0.3 is 10.6 Å². The molecular weight excluding hydrogens is 319 g/mol. The third-order valence-corrected chi connectivity index (χ3v) is 6.58. The number of aryl methyl sites for hydroxylation is 1. The highest BCUT2D eigenvalue weighted by molar-refractivity contribution is 7.92. The van der Waals surface area contributed by atoms with Gasteiger partial charge in [-0.1, -0.05) is 12.1 Å². The van der Waals surface area contributed by atoms with Crippen LogP contribution in [-0.2, 0) is 14.6 Å². The van der Waals surface area contributed by atoms with Crippen LogP contribution in [0.3, 0.4) is 0 Å². The Balaban J connectivity index is 2.23. The molecule has 0 spiro atoms. The molecule has 2 N–H and O–H groups in total. The summed E-state index contributed by atoms with van der Waals surface area (Å²) in [6.45, 7) is 4.40. The number of halogens is 1. The van der Waals surface area contributed by atoms with Crippen LogP contribution in [0.1, 0.15) is 36.9 Å². The first-order chi connectivity index (χ1) is 10.7. The molecule has 0 aliphatic carbocycles. The van der Waals surface area contributed by atoms with Crippen LogP contribution < -0.4 is 10.6 Å². The van der Waals surface area contributed by atoms with Crippen molar-refractivity contribution in [2.45, 2.75) is 37.5 Å². The van der Waals surface area contributed by atoms with Crippen LogP contribution in [0.2, 0.25) is 0 Å². The number of carbonyl (C=O) groups is 1. The molecule has 2 rings (SSSR count). The standard InChI is InChI=1S/C16H23FN2O3S/c1-11-10-13(4-5-14(11)17)12(2)19-15(20)16(23(3,21)22)6-8-18-9-7-16/h4-5,10,12,18H,6-9H2,1-3H3,(H,19,20). The van der Waals surface area contributed by atoms with E-state index >= 15 is 0 Å². The summed E-state index contributed by atoms with van der Waals surface area (Å²) in [4.78, 5) is 12.7. The van der Waals surface area contributed by atoms with Crippen LogP contribution >= 0.6 is 0 Å². The Hall–Kier alpha value is -1.47. The second kappa shape index (κ2) is 6.57. The Kier molecular flexibility index (Phi) is 5.10. The fourth-order valence-corrected chi connectivity index (χ4v) is 4.29. The molecule has 23 heavy (non-hydrogen) atoms. The van der Waals surface area contributed by atoms with Crippen molar-refractivity contribution in [3.05, 3.63) is 35.1 Å². The highest BCUT2D eigenvalue weighted by Gasteiger charge is 2.48. The lowest BCUT2D eigenvalue weighted by molar-refractivity contribution is -0.125. The van der Waals surface area contributed by atoms with Crippen molar-refractivity contribution in [1.82, 2.24) is 10.6 Å². The highest BCUT2D eigenvalue weighted by atomic mass is 32.2. The quantitative estimate of drug-likeness (QED) is 0.869. The van der Waals surface area contributed by atoms with Gasteiger partial charge in [-0.25, -0.2) is 12.8 Å². The lowest BCUT2D eigenvalue weighted by Gasteiger charge is -2.35. The normalized spacial score (nSPS) is 19.1. The molecule has 128 valence electrons. The van der Waals surface area contributed by atoms with E-state index in [1.54, 1.807) is 26.0 Å². The van der Waals surface area contributed by atoms with Crippen molar-refractivity contribution >= 4 is 15.7 Å². The largest absolute Gasteiger partial charge is 0.348 e. The molecule has 1 aromatic rings. The number of carbonyl (C=O) groups excluding carboxylic acids is 1. The van der Waals surface area contributed by atoms with Gasteiger partial charge in [0.2, 0.25) is 5.91 Å². The molecule has 1 aliphatic rings. The first-order valence-electron chi connectivity index (χ1n) is 7.65. The lowest BCUT2D eigenvalue weighted by atomic mass is 9.95. The van der Waals surface area contributed by atoms with Gasteiger partial charge in [0, 0.05) is 6.26 Å². The number of hydrogen-bond donors (Lipinski definition) is 2. The molecule has 1 aromatic carbocycles. The minimum absolute atomic E-state index is 0.257. The monoisotopic (exact) mass is 342 g/mol. The zero-order valence-electron chi connectivity index (χ0n) is 13.6. The number of benzene rings is 1. The molecule has 1 aliphatic heterocycles. The van der Waals surface area contributed by atoms with E-state index in [2.05, 4.69) is 10.6 Å². The summed E-state index contributed by atoms with van der Waals surface area (Å²) in [5, 5.41) is 5.87. The summed E-state index contributed by atoms with van der Waals surface area (Å²) in [6.07, 6.45) is 1.63. The smallest absolute Gasteiger partial charge is 0.242 e. The van der Waals surface area contributed by atoms with Gasteiger partial charge in [-0.2, -0.15) is 0 Å². The number of amides is 1. The van der Waals surface area contributed by atoms with Crippen LogP contribution in [0.4, 0.5) is 4.39 Å². The van der Waals surface area contributed by atoms with Crippen molar-refractivity contribution in [1.29, 1.82) is 0 Å². The number of nitrogens with one attached hydrogen (secondary N) is 2. The molecule has 0 bridgehead atoms. The maximum Gasteiger partial charge on any atom is 0.242 e. The van der Waals surface area contributed by atoms with Crippen molar-refractivity contribution in [3.63, 3.8) is 0 Å². The van der Waals surface area contributed by atoms with Crippen molar-refractivity contribution < 1.29 is 17.6 Å². The fourth-order valence-electron chi connectivity index (χ4n) is 2.95. The predicted molar refractivity (Wildman–Crippen MR) is 87.4 cm³/mol. The van der Waals surface area contributed by atoms with Gasteiger partial charge in [0.25, 0.3) is 0 Å². The molecule has 1 fully saturated rings. The maximum atomic E-state index is 13.4. The molecule has 0 saturated carbocycles. The molecule has 0 aromatic heterocycles. The van der Waals surface area contributed by atoms with E-state index in [1.165, 1.54) is 6.07 Å². The summed E-state index contributed by atoms with van der Waals surface area (Å²) in [5.74, 6) is -0.783. The minimum Gasteiger partial charge on any atom is -0.348 e. The van der Waals surface area contributed by atoms with E-state index in [9.17, 15) is 17.6 Å². The summed E-state index contributed by atoms with van der Waals surface area (Å²) in [5.41, 5.74) is 1.23. The van der Waals surface area contributed by atoms with E-state index in [-0.39, 0.29) is 18.7 Å². The second-order valence-electron chi connectivity index (χ2n) is 6.22. The highest BCUT2D eigenvalue weighted by Crippen LogP contribution is 2.29. The van der Waals surface area contributed by atoms with Gasteiger partial charge in [-0.3, -0.25) is 4.79 Å². The average Bonchev–Trinajstić information content (AvgIpc) is 2.49. The summed E-state index contributed by atoms with van der Waals surface area (Å²) >= 11 is 0. The topological polar surface area (TPSA) is 75.3 Å². The number of rotatable bonds is 4. The van der Waals surface area contributed by atoms with Gasteiger partial charge in [0.1, 0.15) is 5.82 Å². The third-order valence-electron chi connectivity index (χ3n) is 4.56. The molecular formula is C16H23FN2O3S. The molecule has 1 unspecified atom stereocenters. The van der Waals surface area contributed by atoms with E-state index in [0.717, 1.165) is 11.8 Å². The average molecular weight is 342 g/mol. The van der Waals surface area contributed by atoms with Gasteiger partial charge in [0.05, 0.1) is 6.04 Å². The van der Waals surface area contributed by atoms with Crippen LogP contribution in [0.25, 0.3) is 0 Å². The van der Waals surface area contributed by atoms with Crippen LogP contribution in [0.5, 0.6) is 0 Å². The Morgan fingerprint density at radius 3 is 2.48 bits per heavy atom. The Labute approximate surface area is 136 Å². The molecule has 1 heterocycles. The van der Waals surface area contributed by atoms with Gasteiger partial charge >= 0.3 is 0 Å². The molecule has 0 radical (unpaired) electrons. The van der Waals surface area contributed by atoms with Crippen molar-refractivity contribution in [2.75, 3.05) is 19.3 Å². The SMILES string of the molecule is Cc1cc(C(C)NC(=O)C2(S(C)(=O)=O)CCNCC2)ccc1F. The van der Waals surface area contributed by atoms with E-state index in [4.69, 9.17) is 0 Å². The Morgan fingerprint density at radius 1 is 1.35 bits per heavy atom. The van der Waals surface area contributed by atoms with E-state index in [0.29, 0.717) is 18.7 Å². The van der Waals surface area contributed by atoms with Gasteiger partial charge in [0.15, 0.2) is 14.6 Å². The summed E-state index contributed by atoms with van der Waals surface area (Å²) in [6, 6.07) is 4.22. The van der Waals surface area contributed by atoms with Crippen molar-refractivity contribution in [3.8, 4) is 0 Å². The maximum absolute atomic E-state index is 13.4. The first-order valence-corrected chi connectivity index (χ1v) is 9.54. The third kappa shape index (κ3) is 3.55. The molecule has 1 atom stereocenters. The van der Waals surface area contributed by atoms with Gasteiger partial charge in [-0.15, -0.1) is 0 Å². The second-order valence-corrected chi connectivity index (χ2v) is 8.55. The molecule has 1 amide bonds. The Morgan fingerprint density at radius 2 is 1.96 bits per heavy atom.